The van der Waals surface area contributed by atoms with E-state index in [1.807, 2.05) is 49.6 Å². The van der Waals surface area contributed by atoms with Crippen LogP contribution in [0.25, 0.3) is 11.3 Å². The van der Waals surface area contributed by atoms with E-state index in [1.165, 1.54) is 0 Å². The third kappa shape index (κ3) is 5.55. The largest absolute Gasteiger partial charge is 0.497 e. The van der Waals surface area contributed by atoms with E-state index in [9.17, 15) is 4.79 Å². The molecule has 3 aromatic rings. The van der Waals surface area contributed by atoms with Crippen molar-refractivity contribution in [1.82, 2.24) is 15.2 Å². The van der Waals surface area contributed by atoms with Gasteiger partial charge in [0.2, 0.25) is 0 Å². The van der Waals surface area contributed by atoms with Crippen molar-refractivity contribution < 1.29 is 14.3 Å². The number of amides is 1. The zero-order valence-corrected chi connectivity index (χ0v) is 19.4. The Morgan fingerprint density at radius 1 is 1.03 bits per heavy atom. The number of nitrogens with zero attached hydrogens (tertiary/aromatic N) is 2. The molecule has 0 bridgehead atoms. The molecule has 0 radical (unpaired) electrons. The Labute approximate surface area is 194 Å². The molecule has 1 aliphatic rings. The first-order chi connectivity index (χ1) is 16.1. The lowest BCUT2D eigenvalue weighted by Crippen LogP contribution is -2.24. The lowest BCUT2D eigenvalue weighted by molar-refractivity contribution is 0.0950. The van der Waals surface area contributed by atoms with Crippen LogP contribution in [0.2, 0.25) is 0 Å². The molecule has 33 heavy (non-hydrogen) atoms. The summed E-state index contributed by atoms with van der Waals surface area (Å²) in [5, 5.41) is 6.45. The van der Waals surface area contributed by atoms with Crippen molar-refractivity contribution in [3.8, 4) is 22.8 Å². The van der Waals surface area contributed by atoms with Crippen LogP contribution in [0.3, 0.4) is 0 Å². The minimum absolute atomic E-state index is 0.132. The quantitative estimate of drug-likeness (QED) is 0.550. The van der Waals surface area contributed by atoms with Gasteiger partial charge in [-0.15, -0.1) is 0 Å². The van der Waals surface area contributed by atoms with Crippen molar-refractivity contribution in [2.75, 3.05) is 20.8 Å². The molecule has 2 aromatic carbocycles. The maximum Gasteiger partial charge on any atom is 0.251 e. The van der Waals surface area contributed by atoms with Crippen molar-refractivity contribution in [2.24, 2.45) is 12.0 Å². The lowest BCUT2D eigenvalue weighted by Gasteiger charge is -2.13. The first kappa shape index (κ1) is 22.5. The Hall–Kier alpha value is -3.74. The van der Waals surface area contributed by atoms with E-state index in [1.54, 1.807) is 14.2 Å². The Kier molecular flexibility index (Phi) is 6.98. The van der Waals surface area contributed by atoms with Gasteiger partial charge in [-0.2, -0.15) is 0 Å². The summed E-state index contributed by atoms with van der Waals surface area (Å²) >= 11 is 0. The Bertz CT molecular complexity index is 1140. The zero-order chi connectivity index (χ0) is 23.2. The summed E-state index contributed by atoms with van der Waals surface area (Å²) in [6.07, 6.45) is 4.08. The van der Waals surface area contributed by atoms with Crippen LogP contribution in [-0.4, -0.2) is 37.1 Å². The SMILES string of the molecule is COc1cc(CNC(=O)c2cc(CNC3=NCCC3)cc(-c3cccn3C)c2)cc(OC)c1. The standard InChI is InChI=1S/C26H30N4O3/c1-30-9-5-6-24(30)20-10-18(16-28-25-7-4-8-27-25)11-21(14-20)26(31)29-17-19-12-22(32-2)15-23(13-19)33-3/h5-6,9-15H,4,7-8,16-17H2,1-3H3,(H,27,28)(H,29,31). The average molecular weight is 447 g/mol. The topological polar surface area (TPSA) is 76.9 Å². The van der Waals surface area contributed by atoms with Crippen LogP contribution < -0.4 is 20.1 Å². The third-order valence-electron chi connectivity index (χ3n) is 5.73. The normalized spacial score (nSPS) is 12.9. The molecular formula is C26H30N4O3. The molecule has 7 nitrogen and oxygen atoms in total. The molecule has 172 valence electrons. The van der Waals surface area contributed by atoms with Crippen molar-refractivity contribution in [3.05, 3.63) is 71.4 Å². The van der Waals surface area contributed by atoms with Crippen LogP contribution >= 0.6 is 0 Å². The molecule has 2 heterocycles. The molecule has 1 amide bonds. The van der Waals surface area contributed by atoms with Crippen LogP contribution in [0.4, 0.5) is 0 Å². The Balaban J connectivity index is 1.55. The summed E-state index contributed by atoms with van der Waals surface area (Å²) in [7, 11) is 5.22. The highest BCUT2D eigenvalue weighted by atomic mass is 16.5. The van der Waals surface area contributed by atoms with Gasteiger partial charge in [-0.3, -0.25) is 9.79 Å². The van der Waals surface area contributed by atoms with Gasteiger partial charge in [0.1, 0.15) is 11.5 Å². The fraction of sp³-hybridized carbons (Fsp3) is 0.308. The van der Waals surface area contributed by atoms with Gasteiger partial charge in [0, 0.05) is 56.6 Å². The van der Waals surface area contributed by atoms with Crippen molar-refractivity contribution in [2.45, 2.75) is 25.9 Å². The molecule has 1 aliphatic heterocycles. The van der Waals surface area contributed by atoms with Crippen molar-refractivity contribution in [1.29, 1.82) is 0 Å². The number of ether oxygens (including phenoxy) is 2. The Morgan fingerprint density at radius 3 is 2.42 bits per heavy atom. The second kappa shape index (κ2) is 10.3. The zero-order valence-electron chi connectivity index (χ0n) is 19.4. The number of amidine groups is 1. The van der Waals surface area contributed by atoms with Gasteiger partial charge in [0.25, 0.3) is 5.91 Å². The van der Waals surface area contributed by atoms with Crippen LogP contribution in [0.1, 0.15) is 34.3 Å². The van der Waals surface area contributed by atoms with E-state index >= 15 is 0 Å². The number of aromatic nitrogens is 1. The molecule has 1 aromatic heterocycles. The first-order valence-electron chi connectivity index (χ1n) is 11.1. The van der Waals surface area contributed by atoms with Gasteiger partial charge >= 0.3 is 0 Å². The molecule has 0 atom stereocenters. The second-order valence-corrected chi connectivity index (χ2v) is 8.11. The van der Waals surface area contributed by atoms with Gasteiger partial charge in [0.15, 0.2) is 0 Å². The molecule has 0 fully saturated rings. The maximum absolute atomic E-state index is 13.1. The van der Waals surface area contributed by atoms with E-state index in [0.29, 0.717) is 30.2 Å². The summed E-state index contributed by atoms with van der Waals surface area (Å²) in [5.74, 6) is 2.28. The van der Waals surface area contributed by atoms with Gasteiger partial charge in [0.05, 0.1) is 20.1 Å². The van der Waals surface area contributed by atoms with E-state index in [2.05, 4.69) is 32.3 Å². The highest BCUT2D eigenvalue weighted by molar-refractivity contribution is 5.95. The van der Waals surface area contributed by atoms with Crippen molar-refractivity contribution in [3.63, 3.8) is 0 Å². The molecule has 0 unspecified atom stereocenters. The maximum atomic E-state index is 13.1. The van der Waals surface area contributed by atoms with E-state index in [-0.39, 0.29) is 5.91 Å². The molecule has 2 N–H and O–H groups in total. The van der Waals surface area contributed by atoms with Crippen LogP contribution in [0, 0.1) is 0 Å². The number of carbonyl (C=O) groups is 1. The number of benzene rings is 2. The van der Waals surface area contributed by atoms with E-state index in [4.69, 9.17) is 9.47 Å². The number of methoxy groups -OCH3 is 2. The molecule has 0 saturated heterocycles. The Morgan fingerprint density at radius 2 is 1.79 bits per heavy atom. The fourth-order valence-corrected chi connectivity index (χ4v) is 3.97. The number of nitrogens with one attached hydrogen (secondary N) is 2. The third-order valence-corrected chi connectivity index (χ3v) is 5.73. The first-order valence-corrected chi connectivity index (χ1v) is 11.1. The molecular weight excluding hydrogens is 416 g/mol. The second-order valence-electron chi connectivity index (χ2n) is 8.11. The highest BCUT2D eigenvalue weighted by Crippen LogP contribution is 2.24. The number of aliphatic imine (C=N–C) groups is 1. The van der Waals surface area contributed by atoms with Gasteiger partial charge in [-0.05, 0) is 65.6 Å². The fourth-order valence-electron chi connectivity index (χ4n) is 3.97. The van der Waals surface area contributed by atoms with Crippen LogP contribution in [0.5, 0.6) is 11.5 Å². The van der Waals surface area contributed by atoms with Crippen LogP contribution in [0.15, 0.2) is 59.7 Å². The minimum Gasteiger partial charge on any atom is -0.497 e. The van der Waals surface area contributed by atoms with Gasteiger partial charge in [-0.1, -0.05) is 0 Å². The predicted octanol–water partition coefficient (Wildman–Crippen LogP) is 3.92. The molecule has 4 rings (SSSR count). The smallest absolute Gasteiger partial charge is 0.251 e. The number of aryl methyl sites for hydroxylation is 1. The molecule has 7 heteroatoms. The number of carbonyl (C=O) groups excluding carboxylic acids is 1. The van der Waals surface area contributed by atoms with Crippen LogP contribution in [-0.2, 0) is 20.1 Å². The highest BCUT2D eigenvalue weighted by Gasteiger charge is 2.13. The summed E-state index contributed by atoms with van der Waals surface area (Å²) < 4.78 is 12.7. The average Bonchev–Trinajstić information content (AvgIpc) is 3.52. The molecule has 0 saturated carbocycles. The van der Waals surface area contributed by atoms with E-state index < -0.39 is 0 Å². The summed E-state index contributed by atoms with van der Waals surface area (Å²) in [4.78, 5) is 17.6. The van der Waals surface area contributed by atoms with Gasteiger partial charge in [-0.25, -0.2) is 0 Å². The van der Waals surface area contributed by atoms with E-state index in [0.717, 1.165) is 47.6 Å². The summed E-state index contributed by atoms with van der Waals surface area (Å²) in [6.45, 7) is 1.88. The minimum atomic E-state index is -0.132. The van der Waals surface area contributed by atoms with Crippen molar-refractivity contribution >= 4 is 11.7 Å². The lowest BCUT2D eigenvalue weighted by atomic mass is 10.0. The number of hydrogen-bond acceptors (Lipinski definition) is 5. The molecule has 0 aliphatic carbocycles. The number of hydrogen-bond donors (Lipinski definition) is 2. The predicted molar refractivity (Wildman–Crippen MR) is 130 cm³/mol. The monoisotopic (exact) mass is 446 g/mol. The molecule has 0 spiro atoms. The van der Waals surface area contributed by atoms with Gasteiger partial charge < -0.3 is 24.7 Å². The summed E-state index contributed by atoms with van der Waals surface area (Å²) in [6, 6.07) is 15.6. The summed E-state index contributed by atoms with van der Waals surface area (Å²) in [5.41, 5.74) is 4.62. The number of rotatable bonds is 8.